The Morgan fingerprint density at radius 1 is 0.923 bits per heavy atom. The molecule has 0 heterocycles. The van der Waals surface area contributed by atoms with Crippen molar-refractivity contribution in [3.8, 4) is 0 Å². The highest BCUT2D eigenvalue weighted by molar-refractivity contribution is 6.90. The van der Waals surface area contributed by atoms with Crippen LogP contribution in [0.25, 0.3) is 0 Å². The van der Waals surface area contributed by atoms with E-state index >= 15 is 0 Å². The van der Waals surface area contributed by atoms with Gasteiger partial charge in [0, 0.05) is 11.3 Å². The van der Waals surface area contributed by atoms with Crippen molar-refractivity contribution in [2.75, 3.05) is 0 Å². The van der Waals surface area contributed by atoms with Gasteiger partial charge >= 0.3 is 0 Å². The third-order valence-corrected chi connectivity index (χ3v) is 12.6. The number of hydrogen-bond acceptors (Lipinski definition) is 2. The predicted molar refractivity (Wildman–Crippen MR) is 119 cm³/mol. The Morgan fingerprint density at radius 3 is 1.88 bits per heavy atom. The number of carbonyl (C=O) groups excluding carboxylic acids is 1. The van der Waals surface area contributed by atoms with Gasteiger partial charge in [0.05, 0.1) is 5.41 Å². The van der Waals surface area contributed by atoms with Crippen molar-refractivity contribution in [3.05, 3.63) is 47.2 Å². The summed E-state index contributed by atoms with van der Waals surface area (Å²) in [7, 11) is -3.24. The smallest absolute Gasteiger partial charge is 0.176 e. The minimum atomic E-state index is -1.62. The van der Waals surface area contributed by atoms with Gasteiger partial charge in [-0.25, -0.2) is 0 Å². The Labute approximate surface area is 162 Å². The lowest BCUT2D eigenvalue weighted by Crippen LogP contribution is -2.66. The van der Waals surface area contributed by atoms with Gasteiger partial charge in [0.15, 0.2) is 5.78 Å². The third-order valence-electron chi connectivity index (χ3n) is 5.49. The lowest BCUT2D eigenvalue weighted by molar-refractivity contribution is -0.123. The van der Waals surface area contributed by atoms with Crippen molar-refractivity contribution in [1.29, 1.82) is 0 Å². The quantitative estimate of drug-likeness (QED) is 0.485. The van der Waals surface area contributed by atoms with E-state index in [0.29, 0.717) is 5.78 Å². The maximum absolute atomic E-state index is 13.5. The molecule has 1 unspecified atom stereocenters. The zero-order chi connectivity index (χ0) is 19.8. The summed E-state index contributed by atoms with van der Waals surface area (Å²) in [6.45, 7) is 19.0. The fraction of sp³-hybridized carbons (Fsp3) is 0.591. The van der Waals surface area contributed by atoms with Gasteiger partial charge in [-0.3, -0.25) is 4.79 Å². The van der Waals surface area contributed by atoms with E-state index in [-0.39, 0.29) is 0 Å². The second kappa shape index (κ2) is 7.47. The highest BCUT2D eigenvalue weighted by Crippen LogP contribution is 2.53. The fourth-order valence-corrected chi connectivity index (χ4v) is 14.8. The molecule has 4 heteroatoms. The minimum absolute atomic E-state index is 0.385. The molecule has 1 aliphatic carbocycles. The zero-order valence-corrected chi connectivity index (χ0v) is 20.1. The number of nitrogens with zero attached hydrogens (tertiary/aromatic N) is 1. The first-order chi connectivity index (χ1) is 12.0. The van der Waals surface area contributed by atoms with Crippen LogP contribution in [0.1, 0.15) is 45.1 Å². The number of ketones is 1. The Balaban J connectivity index is 2.74. The molecule has 1 aliphatic rings. The summed E-state index contributed by atoms with van der Waals surface area (Å²) in [5, 5.41) is 0. The molecule has 0 aromatic heterocycles. The molecule has 0 spiro atoms. The topological polar surface area (TPSA) is 20.3 Å². The predicted octanol–water partition coefficient (Wildman–Crippen LogP) is 6.33. The average molecular weight is 388 g/mol. The van der Waals surface area contributed by atoms with Gasteiger partial charge in [0.25, 0.3) is 0 Å². The summed E-state index contributed by atoms with van der Waals surface area (Å²) in [5.74, 6) is 0.385. The van der Waals surface area contributed by atoms with E-state index in [1.54, 1.807) is 0 Å². The molecule has 0 amide bonds. The number of unbranched alkanes of at least 4 members (excludes halogenated alkanes) is 1. The lowest BCUT2D eigenvalue weighted by atomic mass is 9.60. The van der Waals surface area contributed by atoms with E-state index in [2.05, 4.69) is 81.6 Å². The monoisotopic (exact) mass is 387 g/mol. The largest absolute Gasteiger partial charge is 0.426 e. The molecule has 0 fully saturated rings. The molecule has 2 rings (SSSR count). The number of benzene rings is 1. The normalized spacial score (nSPS) is 21.0. The second-order valence-electron chi connectivity index (χ2n) is 9.56. The van der Waals surface area contributed by atoms with E-state index in [1.165, 1.54) is 11.3 Å². The number of carbonyl (C=O) groups is 1. The first-order valence-corrected chi connectivity index (χ1v) is 17.1. The van der Waals surface area contributed by atoms with Gasteiger partial charge in [-0.1, -0.05) is 89.9 Å². The van der Waals surface area contributed by atoms with Gasteiger partial charge in [-0.15, -0.1) is 0 Å². The average Bonchev–Trinajstić information content (AvgIpc) is 2.54. The Bertz CT molecular complexity index is 668. The Hall–Kier alpha value is -1.14. The molecule has 1 aromatic carbocycles. The van der Waals surface area contributed by atoms with Gasteiger partial charge in [0.1, 0.15) is 16.5 Å². The van der Waals surface area contributed by atoms with E-state index in [1.807, 2.05) is 6.07 Å². The first-order valence-electron chi connectivity index (χ1n) is 10.2. The van der Waals surface area contributed by atoms with Gasteiger partial charge in [0.2, 0.25) is 0 Å². The van der Waals surface area contributed by atoms with Crippen molar-refractivity contribution in [3.63, 3.8) is 0 Å². The summed E-state index contributed by atoms with van der Waals surface area (Å²) in [6, 6.07) is 10.5. The molecule has 2 nitrogen and oxygen atoms in total. The van der Waals surface area contributed by atoms with E-state index in [9.17, 15) is 4.79 Å². The summed E-state index contributed by atoms with van der Waals surface area (Å²) < 4.78 is 2.79. The molecule has 1 aromatic rings. The number of Topliss-reactive ketones (excluding diaryl/α,β-unsaturated/α-hetero) is 1. The van der Waals surface area contributed by atoms with Crippen molar-refractivity contribution in [2.24, 2.45) is 0 Å². The molecule has 1 atom stereocenters. The van der Waals surface area contributed by atoms with Gasteiger partial charge in [-0.2, -0.15) is 0 Å². The van der Waals surface area contributed by atoms with Crippen LogP contribution in [0.5, 0.6) is 0 Å². The fourth-order valence-electron chi connectivity index (χ4n) is 4.78. The molecule has 0 aliphatic heterocycles. The van der Waals surface area contributed by atoms with E-state index in [0.717, 1.165) is 31.3 Å². The molecule has 0 bridgehead atoms. The molecule has 0 saturated heterocycles. The van der Waals surface area contributed by atoms with E-state index < -0.39 is 21.9 Å². The summed E-state index contributed by atoms with van der Waals surface area (Å²) in [5.41, 5.74) is 3.28. The van der Waals surface area contributed by atoms with Crippen LogP contribution in [0.15, 0.2) is 41.6 Å². The first kappa shape index (κ1) is 21.2. The maximum atomic E-state index is 13.5. The summed E-state index contributed by atoms with van der Waals surface area (Å²) in [4.78, 5) is 13.5. The van der Waals surface area contributed by atoms with Crippen LogP contribution in [0.4, 0.5) is 0 Å². The number of hydrogen-bond donors (Lipinski definition) is 0. The lowest BCUT2D eigenvalue weighted by Gasteiger charge is -2.58. The van der Waals surface area contributed by atoms with Gasteiger partial charge < -0.3 is 4.23 Å². The highest BCUT2D eigenvalue weighted by Gasteiger charge is 2.57. The van der Waals surface area contributed by atoms with E-state index in [4.69, 9.17) is 0 Å². The summed E-state index contributed by atoms with van der Waals surface area (Å²) in [6.07, 6.45) is 4.02. The minimum Gasteiger partial charge on any atom is -0.426 e. The van der Waals surface area contributed by atoms with Crippen molar-refractivity contribution in [2.45, 2.75) is 84.2 Å². The number of rotatable bonds is 8. The Kier molecular flexibility index (Phi) is 6.08. The van der Waals surface area contributed by atoms with Crippen LogP contribution >= 0.6 is 0 Å². The molecule has 0 radical (unpaired) electrons. The molecular weight excluding hydrogens is 350 g/mol. The zero-order valence-electron chi connectivity index (χ0n) is 18.1. The summed E-state index contributed by atoms with van der Waals surface area (Å²) >= 11 is 0. The molecule has 0 N–H and O–H groups in total. The molecule has 144 valence electrons. The SMILES string of the molecule is CCCCC1=C(N([Si](C)(C)C)[Si](C)(C)C)C(CC)(c2ccccc2)C1=O. The highest BCUT2D eigenvalue weighted by atomic mass is 28.4. The van der Waals surface area contributed by atoms with Crippen LogP contribution in [0.3, 0.4) is 0 Å². The van der Waals surface area contributed by atoms with Crippen molar-refractivity contribution in [1.82, 2.24) is 4.23 Å². The maximum Gasteiger partial charge on any atom is 0.176 e. The van der Waals surface area contributed by atoms with Crippen LogP contribution in [0, 0.1) is 0 Å². The van der Waals surface area contributed by atoms with Crippen molar-refractivity contribution >= 4 is 22.3 Å². The second-order valence-corrected chi connectivity index (χ2v) is 19.6. The third kappa shape index (κ3) is 3.50. The molecule has 26 heavy (non-hydrogen) atoms. The van der Waals surface area contributed by atoms with Crippen molar-refractivity contribution < 1.29 is 4.79 Å². The number of allylic oxidation sites excluding steroid dienone is 2. The van der Waals surface area contributed by atoms with Crippen LogP contribution in [-0.4, -0.2) is 26.5 Å². The standard InChI is InChI=1S/C22H37NOSi2/c1-9-11-17-19-20(23(25(3,4)5)26(6,7)8)22(10-2,21(19)24)18-15-13-12-14-16-18/h12-16H,9-11,17H2,1-8H3. The molecular formula is C22H37NOSi2. The Morgan fingerprint density at radius 2 is 1.46 bits per heavy atom. The van der Waals surface area contributed by atoms with Crippen LogP contribution < -0.4 is 0 Å². The van der Waals surface area contributed by atoms with Gasteiger partial charge in [-0.05, 0) is 24.8 Å². The molecule has 0 saturated carbocycles. The van der Waals surface area contributed by atoms with Crippen LogP contribution in [0.2, 0.25) is 39.3 Å². The van der Waals surface area contributed by atoms with Crippen LogP contribution in [-0.2, 0) is 10.2 Å².